The van der Waals surface area contributed by atoms with E-state index in [0.717, 1.165) is 0 Å². The van der Waals surface area contributed by atoms with E-state index in [4.69, 9.17) is 10.2 Å². The van der Waals surface area contributed by atoms with Crippen molar-refractivity contribution in [2.24, 2.45) is 0 Å². The number of carboxylic acid groups (broad SMARTS) is 1. The fourth-order valence-corrected chi connectivity index (χ4v) is 0.451. The number of carbonyl (C=O) groups is 1. The van der Waals surface area contributed by atoms with E-state index in [1.54, 1.807) is 0 Å². The molecule has 1 aromatic heterocycles. The fourth-order valence-electron chi connectivity index (χ4n) is 0.451. The summed E-state index contributed by atoms with van der Waals surface area (Å²) in [6, 6.07) is 2.38. The van der Waals surface area contributed by atoms with Gasteiger partial charge in [0.05, 0.1) is 0 Å². The highest BCUT2D eigenvalue weighted by Crippen LogP contribution is 2.20. The van der Waals surface area contributed by atoms with Crippen molar-refractivity contribution in [2.75, 3.05) is 0 Å². The number of aromatic hydroxyl groups is 1. The number of furan rings is 1. The fraction of sp³-hybridized carbons (Fsp3) is 0. The Morgan fingerprint density at radius 1 is 1.60 bits per heavy atom. The molecular weight excluding hydrogens is 140 g/mol. The monoisotopic (exact) mass is 144 g/mol. The summed E-state index contributed by atoms with van der Waals surface area (Å²) in [5.74, 6) is -0.624. The van der Waals surface area contributed by atoms with Crippen molar-refractivity contribution in [1.29, 1.82) is 0 Å². The molecule has 5 nitrogen and oxygen atoms in total. The lowest BCUT2D eigenvalue weighted by molar-refractivity contribution is 0.130. The van der Waals surface area contributed by atoms with Crippen LogP contribution in [0.4, 0.5) is 4.79 Å². The van der Waals surface area contributed by atoms with E-state index in [1.807, 2.05) is 0 Å². The zero-order chi connectivity index (χ0) is 7.56. The third-order valence-corrected chi connectivity index (χ3v) is 0.755. The molecule has 5 heteroatoms. The van der Waals surface area contributed by atoms with Crippen LogP contribution in [0.5, 0.6) is 11.9 Å². The molecule has 0 saturated heterocycles. The Morgan fingerprint density at radius 2 is 2.30 bits per heavy atom. The largest absolute Gasteiger partial charge is 0.513 e. The maximum Gasteiger partial charge on any atom is 0.513 e. The van der Waals surface area contributed by atoms with Crippen molar-refractivity contribution in [1.82, 2.24) is 0 Å². The predicted octanol–water partition coefficient (Wildman–Crippen LogP) is 1.04. The molecule has 0 aromatic carbocycles. The van der Waals surface area contributed by atoms with Gasteiger partial charge in [-0.3, -0.25) is 0 Å². The van der Waals surface area contributed by atoms with Crippen LogP contribution in [0.25, 0.3) is 0 Å². The average Bonchev–Trinajstić information content (AvgIpc) is 2.13. The molecule has 0 saturated carbocycles. The van der Waals surface area contributed by atoms with Crippen molar-refractivity contribution < 1.29 is 24.2 Å². The standard InChI is InChI=1S/C5H4O5/c6-3-1-2-4(9-3)10-5(7)8/h1-2,6H,(H,7,8). The summed E-state index contributed by atoms with van der Waals surface area (Å²) < 4.78 is 8.37. The van der Waals surface area contributed by atoms with E-state index < -0.39 is 6.16 Å². The predicted molar refractivity (Wildman–Crippen MR) is 29.0 cm³/mol. The van der Waals surface area contributed by atoms with Crippen LogP contribution in [0.15, 0.2) is 16.5 Å². The maximum absolute atomic E-state index is 9.81. The van der Waals surface area contributed by atoms with Crippen LogP contribution in [0, 0.1) is 0 Å². The molecule has 2 N–H and O–H groups in total. The van der Waals surface area contributed by atoms with Gasteiger partial charge >= 0.3 is 6.16 Å². The normalized spacial score (nSPS) is 9.20. The van der Waals surface area contributed by atoms with Gasteiger partial charge in [0.1, 0.15) is 0 Å². The summed E-state index contributed by atoms with van der Waals surface area (Å²) >= 11 is 0. The smallest absolute Gasteiger partial charge is 0.481 e. The molecule has 0 spiro atoms. The number of rotatable bonds is 1. The van der Waals surface area contributed by atoms with E-state index >= 15 is 0 Å². The Morgan fingerprint density at radius 3 is 2.70 bits per heavy atom. The summed E-state index contributed by atoms with van der Waals surface area (Å²) in [7, 11) is 0. The lowest BCUT2D eigenvalue weighted by Crippen LogP contribution is -2.01. The summed E-state index contributed by atoms with van der Waals surface area (Å²) in [6.45, 7) is 0. The topological polar surface area (TPSA) is 79.9 Å². The van der Waals surface area contributed by atoms with Gasteiger partial charge in [0.15, 0.2) is 0 Å². The van der Waals surface area contributed by atoms with Gasteiger partial charge in [0, 0.05) is 12.1 Å². The van der Waals surface area contributed by atoms with Gasteiger partial charge in [-0.2, -0.15) is 0 Å². The van der Waals surface area contributed by atoms with Gasteiger partial charge in [0.25, 0.3) is 11.9 Å². The Balaban J connectivity index is 2.67. The third kappa shape index (κ3) is 1.41. The zero-order valence-corrected chi connectivity index (χ0v) is 4.77. The molecule has 0 aliphatic rings. The van der Waals surface area contributed by atoms with Crippen LogP contribution in [0.3, 0.4) is 0 Å². The molecule has 0 aliphatic carbocycles. The van der Waals surface area contributed by atoms with Gasteiger partial charge in [-0.25, -0.2) is 4.79 Å². The number of hydrogen-bond acceptors (Lipinski definition) is 4. The molecule has 0 radical (unpaired) electrons. The van der Waals surface area contributed by atoms with Crippen molar-refractivity contribution >= 4 is 6.16 Å². The van der Waals surface area contributed by atoms with Crippen molar-refractivity contribution in [2.45, 2.75) is 0 Å². The molecule has 1 aromatic rings. The highest BCUT2D eigenvalue weighted by atomic mass is 16.7. The van der Waals surface area contributed by atoms with Gasteiger partial charge < -0.3 is 19.4 Å². The first-order valence-corrected chi connectivity index (χ1v) is 2.38. The van der Waals surface area contributed by atoms with E-state index in [-0.39, 0.29) is 11.9 Å². The zero-order valence-electron chi connectivity index (χ0n) is 4.77. The highest BCUT2D eigenvalue weighted by molar-refractivity contribution is 5.60. The van der Waals surface area contributed by atoms with Crippen molar-refractivity contribution in [3.63, 3.8) is 0 Å². The number of ether oxygens (including phenoxy) is 1. The molecule has 1 rings (SSSR count). The Bertz CT molecular complexity index is 238. The third-order valence-electron chi connectivity index (χ3n) is 0.755. The molecule has 10 heavy (non-hydrogen) atoms. The van der Waals surface area contributed by atoms with Crippen LogP contribution in [-0.4, -0.2) is 16.4 Å². The lowest BCUT2D eigenvalue weighted by atomic mass is 10.6. The maximum atomic E-state index is 9.81. The molecule has 1 heterocycles. The minimum atomic E-state index is -1.48. The summed E-state index contributed by atoms with van der Waals surface area (Å²) in [6.07, 6.45) is -1.48. The molecule has 54 valence electrons. The van der Waals surface area contributed by atoms with Gasteiger partial charge in [-0.05, 0) is 0 Å². The van der Waals surface area contributed by atoms with Crippen LogP contribution in [0.2, 0.25) is 0 Å². The van der Waals surface area contributed by atoms with Crippen LogP contribution in [-0.2, 0) is 0 Å². The molecule has 0 amide bonds. The first kappa shape index (κ1) is 6.47. The van der Waals surface area contributed by atoms with E-state index in [9.17, 15) is 4.79 Å². The first-order valence-electron chi connectivity index (χ1n) is 2.38. The van der Waals surface area contributed by atoms with Crippen LogP contribution >= 0.6 is 0 Å². The average molecular weight is 144 g/mol. The van der Waals surface area contributed by atoms with Gasteiger partial charge in [0.2, 0.25) is 0 Å². The quantitative estimate of drug-likeness (QED) is 0.575. The van der Waals surface area contributed by atoms with Gasteiger partial charge in [-0.1, -0.05) is 0 Å². The molecule has 0 bridgehead atoms. The van der Waals surface area contributed by atoms with Crippen LogP contribution < -0.4 is 4.74 Å². The minimum absolute atomic E-state index is 0.245. The first-order chi connectivity index (χ1) is 4.68. The van der Waals surface area contributed by atoms with E-state index in [0.29, 0.717) is 0 Å². The second kappa shape index (κ2) is 2.30. The summed E-state index contributed by atoms with van der Waals surface area (Å²) in [4.78, 5) is 9.81. The Kier molecular flexibility index (Phi) is 1.49. The van der Waals surface area contributed by atoms with Gasteiger partial charge in [-0.15, -0.1) is 0 Å². The number of hydrogen-bond donors (Lipinski definition) is 2. The SMILES string of the molecule is O=C(O)Oc1ccc(O)o1. The molecule has 0 atom stereocenters. The minimum Gasteiger partial charge on any atom is -0.481 e. The molecule has 0 fully saturated rings. The summed E-state index contributed by atoms with van der Waals surface area (Å²) in [5.41, 5.74) is 0. The highest BCUT2D eigenvalue weighted by Gasteiger charge is 2.04. The molecule has 0 unspecified atom stereocenters. The Labute approximate surface area is 55.5 Å². The van der Waals surface area contributed by atoms with E-state index in [2.05, 4.69) is 9.15 Å². The lowest BCUT2D eigenvalue weighted by Gasteiger charge is -1.89. The second-order valence-corrected chi connectivity index (χ2v) is 1.46. The Hall–Kier alpha value is -1.65. The van der Waals surface area contributed by atoms with E-state index in [1.165, 1.54) is 12.1 Å². The van der Waals surface area contributed by atoms with Crippen molar-refractivity contribution in [3.05, 3.63) is 12.1 Å². The summed E-state index contributed by atoms with van der Waals surface area (Å²) in [5, 5.41) is 16.5. The second-order valence-electron chi connectivity index (χ2n) is 1.46. The van der Waals surface area contributed by atoms with Crippen molar-refractivity contribution in [3.8, 4) is 11.9 Å². The molecule has 0 aliphatic heterocycles. The molecular formula is C5H4O5. The van der Waals surface area contributed by atoms with Crippen LogP contribution in [0.1, 0.15) is 0 Å².